The third-order valence-electron chi connectivity index (χ3n) is 1.46. The van der Waals surface area contributed by atoms with Crippen LogP contribution in [0.1, 0.15) is 5.56 Å². The Morgan fingerprint density at radius 1 is 1.47 bits per heavy atom. The van der Waals surface area contributed by atoms with Gasteiger partial charge in [0.1, 0.15) is 5.75 Å². The van der Waals surface area contributed by atoms with Crippen LogP contribution in [0.2, 0.25) is 0 Å². The molecular formula is C7H9BrNO5P. The smallest absolute Gasteiger partial charge is 0.403 e. The highest BCUT2D eigenvalue weighted by Gasteiger charge is 2.18. The van der Waals surface area contributed by atoms with Crippen molar-refractivity contribution in [2.75, 3.05) is 0 Å². The number of halogens is 1. The first kappa shape index (κ1) is 12.6. The number of rotatable bonds is 4. The zero-order valence-corrected chi connectivity index (χ0v) is 9.94. The molecule has 0 spiro atoms. The van der Waals surface area contributed by atoms with Crippen LogP contribution in [0.4, 0.5) is 0 Å². The van der Waals surface area contributed by atoms with Crippen molar-refractivity contribution in [3.8, 4) is 5.75 Å². The van der Waals surface area contributed by atoms with Crippen LogP contribution >= 0.6 is 23.8 Å². The lowest BCUT2D eigenvalue weighted by atomic mass is 10.2. The van der Waals surface area contributed by atoms with Crippen molar-refractivity contribution in [3.63, 3.8) is 0 Å². The number of phosphoric acid groups is 1. The number of hydrogen-bond donors (Lipinski definition) is 3. The molecule has 8 heteroatoms. The molecule has 0 saturated carbocycles. The van der Waals surface area contributed by atoms with Crippen LogP contribution in [0.5, 0.6) is 5.75 Å². The van der Waals surface area contributed by atoms with Crippen molar-refractivity contribution in [3.05, 3.63) is 28.2 Å². The first-order valence-corrected chi connectivity index (χ1v) is 6.10. The first-order chi connectivity index (χ1) is 6.92. The minimum absolute atomic E-state index is 0.0397. The molecule has 1 aromatic carbocycles. The van der Waals surface area contributed by atoms with Gasteiger partial charge in [-0.05, 0) is 33.6 Å². The van der Waals surface area contributed by atoms with E-state index in [0.717, 1.165) is 0 Å². The van der Waals surface area contributed by atoms with Crippen LogP contribution in [0.3, 0.4) is 0 Å². The lowest BCUT2D eigenvalue weighted by molar-refractivity contribution is 0.124. The van der Waals surface area contributed by atoms with Gasteiger partial charge in [0, 0.05) is 0 Å². The third kappa shape index (κ3) is 4.29. The lowest BCUT2D eigenvalue weighted by Crippen LogP contribution is -1.99. The SMILES string of the molecule is NOCc1ccc(Br)c(OP(=O)(O)O)c1. The van der Waals surface area contributed by atoms with Gasteiger partial charge in [-0.2, -0.15) is 0 Å². The summed E-state index contributed by atoms with van der Waals surface area (Å²) in [6.45, 7) is 0.130. The fraction of sp³-hybridized carbons (Fsp3) is 0.143. The van der Waals surface area contributed by atoms with Gasteiger partial charge in [-0.15, -0.1) is 0 Å². The van der Waals surface area contributed by atoms with E-state index in [1.165, 1.54) is 6.07 Å². The molecular weight excluding hydrogens is 289 g/mol. The highest BCUT2D eigenvalue weighted by atomic mass is 79.9. The van der Waals surface area contributed by atoms with Gasteiger partial charge in [0.2, 0.25) is 0 Å². The number of benzene rings is 1. The van der Waals surface area contributed by atoms with Crippen molar-refractivity contribution in [2.45, 2.75) is 6.61 Å². The molecule has 0 atom stereocenters. The summed E-state index contributed by atoms with van der Waals surface area (Å²) >= 11 is 3.09. The summed E-state index contributed by atoms with van der Waals surface area (Å²) in [5.74, 6) is 4.91. The van der Waals surface area contributed by atoms with Gasteiger partial charge in [-0.1, -0.05) is 6.07 Å². The Hall–Kier alpha value is -0.430. The van der Waals surface area contributed by atoms with Crippen molar-refractivity contribution < 1.29 is 23.7 Å². The Labute approximate surface area is 94.3 Å². The Morgan fingerprint density at radius 2 is 2.13 bits per heavy atom. The highest BCUT2D eigenvalue weighted by molar-refractivity contribution is 9.10. The average molecular weight is 298 g/mol. The standard InChI is InChI=1S/C7H9BrNO5P/c8-6-2-1-5(4-13-9)3-7(6)14-15(10,11)12/h1-3H,4,9H2,(H2,10,11,12). The van der Waals surface area contributed by atoms with Crippen LogP contribution in [0, 0.1) is 0 Å². The van der Waals surface area contributed by atoms with Crippen LogP contribution in [0.25, 0.3) is 0 Å². The van der Waals surface area contributed by atoms with Crippen LogP contribution in [-0.2, 0) is 16.0 Å². The summed E-state index contributed by atoms with van der Waals surface area (Å²) in [7, 11) is -4.56. The van der Waals surface area contributed by atoms with E-state index in [0.29, 0.717) is 10.0 Å². The van der Waals surface area contributed by atoms with E-state index >= 15 is 0 Å². The molecule has 0 aliphatic heterocycles. The summed E-state index contributed by atoms with van der Waals surface area (Å²) < 4.78 is 15.5. The Morgan fingerprint density at radius 3 is 2.67 bits per heavy atom. The monoisotopic (exact) mass is 297 g/mol. The lowest BCUT2D eigenvalue weighted by Gasteiger charge is -2.09. The van der Waals surface area contributed by atoms with Gasteiger partial charge in [0.15, 0.2) is 0 Å². The average Bonchev–Trinajstić information content (AvgIpc) is 2.09. The zero-order valence-electron chi connectivity index (χ0n) is 7.46. The van der Waals surface area contributed by atoms with Crippen molar-refractivity contribution in [2.24, 2.45) is 5.90 Å². The van der Waals surface area contributed by atoms with E-state index in [1.807, 2.05) is 0 Å². The highest BCUT2D eigenvalue weighted by Crippen LogP contribution is 2.41. The fourth-order valence-electron chi connectivity index (χ4n) is 0.932. The predicted octanol–water partition coefficient (Wildman–Crippen LogP) is 1.31. The van der Waals surface area contributed by atoms with Gasteiger partial charge >= 0.3 is 7.82 Å². The zero-order chi connectivity index (χ0) is 11.5. The Balaban J connectivity index is 2.95. The maximum Gasteiger partial charge on any atom is 0.524 e. The van der Waals surface area contributed by atoms with E-state index in [4.69, 9.17) is 15.7 Å². The van der Waals surface area contributed by atoms with Gasteiger partial charge < -0.3 is 4.52 Å². The van der Waals surface area contributed by atoms with Crippen LogP contribution in [0.15, 0.2) is 22.7 Å². The van der Waals surface area contributed by atoms with Gasteiger partial charge in [0.05, 0.1) is 11.1 Å². The minimum atomic E-state index is -4.56. The molecule has 0 aromatic heterocycles. The van der Waals surface area contributed by atoms with E-state index in [1.54, 1.807) is 12.1 Å². The predicted molar refractivity (Wildman–Crippen MR) is 55.8 cm³/mol. The molecule has 0 heterocycles. The molecule has 4 N–H and O–H groups in total. The number of nitrogens with two attached hydrogens (primary N) is 1. The van der Waals surface area contributed by atoms with Crippen molar-refractivity contribution in [1.82, 2.24) is 0 Å². The topological polar surface area (TPSA) is 102 Å². The quantitative estimate of drug-likeness (QED) is 0.572. The number of hydrogen-bond acceptors (Lipinski definition) is 4. The summed E-state index contributed by atoms with van der Waals surface area (Å²) in [4.78, 5) is 21.6. The van der Waals surface area contributed by atoms with Gasteiger partial charge in [-0.3, -0.25) is 14.6 Å². The summed E-state index contributed by atoms with van der Waals surface area (Å²) in [5.41, 5.74) is 0.643. The molecule has 0 saturated heterocycles. The Kier molecular flexibility index (Phi) is 4.27. The van der Waals surface area contributed by atoms with Gasteiger partial charge in [-0.25, -0.2) is 10.5 Å². The van der Waals surface area contributed by atoms with Gasteiger partial charge in [0.25, 0.3) is 0 Å². The Bertz CT molecular complexity index is 393. The normalized spacial score (nSPS) is 11.5. The molecule has 0 radical (unpaired) electrons. The molecule has 0 amide bonds. The van der Waals surface area contributed by atoms with E-state index in [9.17, 15) is 4.57 Å². The van der Waals surface area contributed by atoms with E-state index < -0.39 is 7.82 Å². The maximum absolute atomic E-state index is 10.6. The summed E-state index contributed by atoms with van der Waals surface area (Å²) in [5, 5.41) is 0. The largest absolute Gasteiger partial charge is 0.524 e. The van der Waals surface area contributed by atoms with Crippen molar-refractivity contribution in [1.29, 1.82) is 0 Å². The van der Waals surface area contributed by atoms with E-state index in [2.05, 4.69) is 25.3 Å². The number of phosphoric ester groups is 1. The van der Waals surface area contributed by atoms with Crippen molar-refractivity contribution >= 4 is 23.8 Å². The minimum Gasteiger partial charge on any atom is -0.403 e. The second-order valence-corrected chi connectivity index (χ2v) is 4.68. The first-order valence-electron chi connectivity index (χ1n) is 3.77. The maximum atomic E-state index is 10.6. The summed E-state index contributed by atoms with van der Waals surface area (Å²) in [6, 6.07) is 4.69. The fourth-order valence-corrected chi connectivity index (χ4v) is 1.79. The van der Waals surface area contributed by atoms with Crippen LogP contribution < -0.4 is 10.4 Å². The molecule has 1 aromatic rings. The van der Waals surface area contributed by atoms with E-state index in [-0.39, 0.29) is 12.4 Å². The second-order valence-electron chi connectivity index (χ2n) is 2.66. The molecule has 84 valence electrons. The molecule has 1 rings (SSSR count). The summed E-state index contributed by atoms with van der Waals surface area (Å²) in [6.07, 6.45) is 0. The molecule has 15 heavy (non-hydrogen) atoms. The molecule has 0 bridgehead atoms. The molecule has 0 aliphatic carbocycles. The van der Waals surface area contributed by atoms with Crippen LogP contribution in [-0.4, -0.2) is 9.79 Å². The second kappa shape index (κ2) is 5.07. The third-order valence-corrected chi connectivity index (χ3v) is 2.55. The molecule has 6 nitrogen and oxygen atoms in total. The molecule has 0 aliphatic rings. The molecule has 0 fully saturated rings. The molecule has 0 unspecified atom stereocenters.